The van der Waals surface area contributed by atoms with E-state index in [1.807, 2.05) is 0 Å². The fraction of sp³-hybridized carbons (Fsp3) is 0.0769. The van der Waals surface area contributed by atoms with E-state index in [1.54, 1.807) is 0 Å². The van der Waals surface area contributed by atoms with Gasteiger partial charge < -0.3 is 4.42 Å². The number of halogens is 2. The molecule has 1 heterocycles. The molecule has 0 aliphatic heterocycles. The number of rotatable bonds is 4. The summed E-state index contributed by atoms with van der Waals surface area (Å²) in [5, 5.41) is 0. The smallest absolute Gasteiger partial charge is 0.205 e. The predicted octanol–water partition coefficient (Wildman–Crippen LogP) is 3.01. The highest BCUT2D eigenvalue weighted by molar-refractivity contribution is 6.12. The van der Waals surface area contributed by atoms with Gasteiger partial charge in [0.25, 0.3) is 0 Å². The quantitative estimate of drug-likeness (QED) is 0.619. The summed E-state index contributed by atoms with van der Waals surface area (Å²) in [5.74, 6) is -2.98. The van der Waals surface area contributed by atoms with Crippen molar-refractivity contribution in [2.24, 2.45) is 0 Å². The molecule has 2 aromatic rings. The Hall–Kier alpha value is -2.30. The summed E-state index contributed by atoms with van der Waals surface area (Å²) < 4.78 is 30.8. The molecule has 0 fully saturated rings. The fourth-order valence-electron chi connectivity index (χ4n) is 1.48. The molecule has 0 aliphatic carbocycles. The Labute approximate surface area is 101 Å². The third-order valence-electron chi connectivity index (χ3n) is 2.35. The van der Waals surface area contributed by atoms with Gasteiger partial charge in [0.2, 0.25) is 5.78 Å². The van der Waals surface area contributed by atoms with Crippen LogP contribution in [0.15, 0.2) is 41.0 Å². The van der Waals surface area contributed by atoms with Crippen LogP contribution in [0.25, 0.3) is 0 Å². The van der Waals surface area contributed by atoms with E-state index in [0.29, 0.717) is 6.07 Å². The first-order valence-electron chi connectivity index (χ1n) is 5.13. The highest BCUT2D eigenvalue weighted by atomic mass is 19.1. The van der Waals surface area contributed by atoms with Crippen molar-refractivity contribution in [3.8, 4) is 0 Å². The van der Waals surface area contributed by atoms with Gasteiger partial charge >= 0.3 is 0 Å². The Kier molecular flexibility index (Phi) is 3.32. The zero-order valence-corrected chi connectivity index (χ0v) is 9.15. The molecule has 0 bridgehead atoms. The Balaban J connectivity index is 2.15. The topological polar surface area (TPSA) is 47.3 Å². The molecule has 0 radical (unpaired) electrons. The number of Topliss-reactive ketones (excluding diaryl/α,β-unsaturated/α-hetero) is 2. The van der Waals surface area contributed by atoms with Crippen LogP contribution in [0.2, 0.25) is 0 Å². The number of carbonyl (C=O) groups is 2. The summed E-state index contributed by atoms with van der Waals surface area (Å²) in [4.78, 5) is 23.2. The number of furan rings is 1. The predicted molar refractivity (Wildman–Crippen MR) is 58.3 cm³/mol. The molecule has 3 nitrogen and oxygen atoms in total. The van der Waals surface area contributed by atoms with E-state index in [0.717, 1.165) is 12.1 Å². The van der Waals surface area contributed by atoms with Gasteiger partial charge in [-0.15, -0.1) is 0 Å². The molecule has 0 saturated heterocycles. The van der Waals surface area contributed by atoms with Crippen molar-refractivity contribution in [3.05, 3.63) is 59.6 Å². The van der Waals surface area contributed by atoms with Gasteiger partial charge in [-0.25, -0.2) is 8.78 Å². The van der Waals surface area contributed by atoms with Gasteiger partial charge in [0.05, 0.1) is 18.2 Å². The van der Waals surface area contributed by atoms with E-state index >= 15 is 0 Å². The molecule has 0 unspecified atom stereocenters. The summed E-state index contributed by atoms with van der Waals surface area (Å²) in [6.07, 6.45) is 0.784. The molecule has 0 amide bonds. The average Bonchev–Trinajstić information content (AvgIpc) is 2.81. The van der Waals surface area contributed by atoms with E-state index in [-0.39, 0.29) is 11.3 Å². The highest BCUT2D eigenvalue weighted by Gasteiger charge is 2.18. The van der Waals surface area contributed by atoms with Gasteiger partial charge in [0, 0.05) is 6.07 Å². The second kappa shape index (κ2) is 4.91. The molecule has 0 spiro atoms. The number of hydrogen-bond acceptors (Lipinski definition) is 3. The Morgan fingerprint density at radius 3 is 2.50 bits per heavy atom. The van der Waals surface area contributed by atoms with Crippen LogP contribution in [0.3, 0.4) is 0 Å². The van der Waals surface area contributed by atoms with Gasteiger partial charge in [-0.2, -0.15) is 0 Å². The van der Waals surface area contributed by atoms with Crippen LogP contribution in [0.1, 0.15) is 27.3 Å². The maximum absolute atomic E-state index is 13.3. The molecular formula is C13H8F2O3. The minimum Gasteiger partial charge on any atom is -0.461 e. The SMILES string of the molecule is O=C(CC(=O)c1ccc(F)cc1F)c1ccco1. The Morgan fingerprint density at radius 1 is 1.11 bits per heavy atom. The van der Waals surface area contributed by atoms with Gasteiger partial charge in [-0.1, -0.05) is 0 Å². The third kappa shape index (κ3) is 2.51. The van der Waals surface area contributed by atoms with E-state index in [2.05, 4.69) is 0 Å². The van der Waals surface area contributed by atoms with Crippen LogP contribution in [0.4, 0.5) is 8.78 Å². The van der Waals surface area contributed by atoms with Gasteiger partial charge in [0.1, 0.15) is 11.6 Å². The minimum atomic E-state index is -0.979. The van der Waals surface area contributed by atoms with Crippen molar-refractivity contribution < 1.29 is 22.8 Å². The summed E-state index contributed by atoms with van der Waals surface area (Å²) in [6, 6.07) is 5.51. The Morgan fingerprint density at radius 2 is 1.89 bits per heavy atom. The molecule has 5 heteroatoms. The van der Waals surface area contributed by atoms with Crippen molar-refractivity contribution in [2.75, 3.05) is 0 Å². The van der Waals surface area contributed by atoms with Crippen LogP contribution in [0.5, 0.6) is 0 Å². The molecule has 0 aliphatic rings. The van der Waals surface area contributed by atoms with Crippen molar-refractivity contribution in [2.45, 2.75) is 6.42 Å². The zero-order chi connectivity index (χ0) is 13.1. The summed E-state index contributed by atoms with van der Waals surface area (Å²) in [5.41, 5.74) is -0.309. The summed E-state index contributed by atoms with van der Waals surface area (Å²) in [7, 11) is 0. The maximum atomic E-state index is 13.3. The maximum Gasteiger partial charge on any atom is 0.205 e. The molecular weight excluding hydrogens is 242 g/mol. The number of hydrogen-bond donors (Lipinski definition) is 0. The molecule has 0 N–H and O–H groups in total. The third-order valence-corrected chi connectivity index (χ3v) is 2.35. The molecule has 1 aromatic carbocycles. The lowest BCUT2D eigenvalue weighted by molar-refractivity contribution is 0.0876. The van der Waals surface area contributed by atoms with Gasteiger partial charge in [0.15, 0.2) is 11.5 Å². The van der Waals surface area contributed by atoms with Crippen molar-refractivity contribution in [1.82, 2.24) is 0 Å². The van der Waals surface area contributed by atoms with E-state index in [4.69, 9.17) is 4.42 Å². The van der Waals surface area contributed by atoms with Gasteiger partial charge in [-0.05, 0) is 24.3 Å². The van der Waals surface area contributed by atoms with E-state index in [9.17, 15) is 18.4 Å². The van der Waals surface area contributed by atoms with E-state index in [1.165, 1.54) is 18.4 Å². The first-order chi connectivity index (χ1) is 8.58. The minimum absolute atomic E-state index is 0.0332. The molecule has 92 valence electrons. The lowest BCUT2D eigenvalue weighted by Crippen LogP contribution is -2.09. The van der Waals surface area contributed by atoms with Gasteiger partial charge in [-0.3, -0.25) is 9.59 Å². The zero-order valence-electron chi connectivity index (χ0n) is 9.15. The Bertz CT molecular complexity index is 588. The second-order valence-electron chi connectivity index (χ2n) is 3.62. The van der Waals surface area contributed by atoms with Crippen LogP contribution in [-0.4, -0.2) is 11.6 Å². The fourth-order valence-corrected chi connectivity index (χ4v) is 1.48. The van der Waals surface area contributed by atoms with Crippen molar-refractivity contribution in [1.29, 1.82) is 0 Å². The molecule has 0 atom stereocenters. The monoisotopic (exact) mass is 250 g/mol. The summed E-state index contributed by atoms with van der Waals surface area (Å²) in [6.45, 7) is 0. The van der Waals surface area contributed by atoms with Crippen LogP contribution < -0.4 is 0 Å². The van der Waals surface area contributed by atoms with Crippen molar-refractivity contribution in [3.63, 3.8) is 0 Å². The number of benzene rings is 1. The lowest BCUT2D eigenvalue weighted by Gasteiger charge is -2.01. The van der Waals surface area contributed by atoms with Crippen LogP contribution >= 0.6 is 0 Å². The largest absolute Gasteiger partial charge is 0.461 e. The first-order valence-corrected chi connectivity index (χ1v) is 5.13. The number of carbonyl (C=O) groups excluding carboxylic acids is 2. The average molecular weight is 250 g/mol. The van der Waals surface area contributed by atoms with E-state index < -0.39 is 29.6 Å². The molecule has 1 aromatic heterocycles. The molecule has 18 heavy (non-hydrogen) atoms. The molecule has 2 rings (SSSR count). The normalized spacial score (nSPS) is 10.3. The standard InChI is InChI=1S/C13H8F2O3/c14-8-3-4-9(10(15)6-8)11(16)7-12(17)13-2-1-5-18-13/h1-6H,7H2. The summed E-state index contributed by atoms with van der Waals surface area (Å²) >= 11 is 0. The first kappa shape index (κ1) is 12.2. The van der Waals surface area contributed by atoms with Crippen molar-refractivity contribution >= 4 is 11.6 Å². The number of ketones is 2. The van der Waals surface area contributed by atoms with Crippen LogP contribution in [-0.2, 0) is 0 Å². The lowest BCUT2D eigenvalue weighted by atomic mass is 10.0. The van der Waals surface area contributed by atoms with Crippen LogP contribution in [0, 0.1) is 11.6 Å². The highest BCUT2D eigenvalue weighted by Crippen LogP contribution is 2.14. The molecule has 0 saturated carbocycles. The second-order valence-corrected chi connectivity index (χ2v) is 3.62.